The fraction of sp³-hybridized carbons (Fsp3) is 0.727. The van der Waals surface area contributed by atoms with Gasteiger partial charge in [-0.05, 0) is 77.2 Å². The van der Waals surface area contributed by atoms with Crippen LogP contribution in [-0.2, 0) is 20.7 Å². The van der Waals surface area contributed by atoms with Crippen LogP contribution < -0.4 is 10.6 Å². The number of hydrogen-bond acceptors (Lipinski definition) is 6. The van der Waals surface area contributed by atoms with E-state index in [0.717, 1.165) is 18.4 Å². The highest BCUT2D eigenvalue weighted by Crippen LogP contribution is 2.32. The lowest BCUT2D eigenvalue weighted by atomic mass is 9.84. The molecule has 9 nitrogen and oxygen atoms in total. The van der Waals surface area contributed by atoms with Gasteiger partial charge in [-0.15, -0.1) is 0 Å². The van der Waals surface area contributed by atoms with E-state index in [1.54, 1.807) is 11.8 Å². The number of piperidine rings is 1. The van der Waals surface area contributed by atoms with Crippen molar-refractivity contribution in [2.45, 2.75) is 116 Å². The Kier molecular flexibility index (Phi) is 12.1. The summed E-state index contributed by atoms with van der Waals surface area (Å²) in [4.78, 5) is 40.0. The number of rotatable bonds is 12. The van der Waals surface area contributed by atoms with Gasteiger partial charge in [0.2, 0.25) is 5.91 Å². The van der Waals surface area contributed by atoms with Gasteiger partial charge in [-0.25, -0.2) is 9.59 Å². The van der Waals surface area contributed by atoms with Crippen LogP contribution in [0, 0.1) is 17.8 Å². The van der Waals surface area contributed by atoms with Crippen LogP contribution in [0.4, 0.5) is 9.59 Å². The number of benzene rings is 1. The number of nitrogens with zero attached hydrogens (tertiary/aromatic N) is 1. The third-order valence-electron chi connectivity index (χ3n) is 8.40. The molecule has 2 heterocycles. The van der Waals surface area contributed by atoms with Crippen molar-refractivity contribution in [2.24, 2.45) is 17.8 Å². The van der Waals surface area contributed by atoms with E-state index in [-0.39, 0.29) is 29.9 Å². The SMILES string of the molecule is CC(C)C[C@@H](CC[C@@H](C[C@@H]1CCNC1=O)C(C)O)NC(=O)OC1(Cc2ccccc2)CCN(C(=O)OC(C)(C)C)CC1. The molecule has 2 aliphatic heterocycles. The van der Waals surface area contributed by atoms with Crippen molar-refractivity contribution < 1.29 is 29.0 Å². The van der Waals surface area contributed by atoms with Gasteiger partial charge in [0.15, 0.2) is 0 Å². The van der Waals surface area contributed by atoms with Gasteiger partial charge in [-0.1, -0.05) is 44.2 Å². The molecule has 0 spiro atoms. The molecule has 9 heteroatoms. The minimum absolute atomic E-state index is 0.0204. The highest BCUT2D eigenvalue weighted by atomic mass is 16.6. The number of nitrogens with one attached hydrogen (secondary N) is 2. The maximum atomic E-state index is 13.5. The lowest BCUT2D eigenvalue weighted by Gasteiger charge is -2.41. The van der Waals surface area contributed by atoms with E-state index in [2.05, 4.69) is 24.5 Å². The monoisotopic (exact) mass is 587 g/mol. The second-order valence-corrected chi connectivity index (χ2v) is 13.8. The molecule has 2 aliphatic rings. The van der Waals surface area contributed by atoms with Crippen molar-refractivity contribution in [3.63, 3.8) is 0 Å². The van der Waals surface area contributed by atoms with Gasteiger partial charge in [0.25, 0.3) is 0 Å². The van der Waals surface area contributed by atoms with Gasteiger partial charge in [-0.3, -0.25) is 4.79 Å². The Balaban J connectivity index is 1.66. The third kappa shape index (κ3) is 10.8. The average molecular weight is 588 g/mol. The summed E-state index contributed by atoms with van der Waals surface area (Å²) >= 11 is 0. The fourth-order valence-corrected chi connectivity index (χ4v) is 6.12. The molecule has 1 aromatic carbocycles. The number of amides is 3. The number of alkyl carbamates (subject to hydrolysis) is 1. The molecule has 0 aliphatic carbocycles. The van der Waals surface area contributed by atoms with Gasteiger partial charge in [-0.2, -0.15) is 0 Å². The van der Waals surface area contributed by atoms with Crippen molar-refractivity contribution in [3.05, 3.63) is 35.9 Å². The van der Waals surface area contributed by atoms with Crippen molar-refractivity contribution in [2.75, 3.05) is 19.6 Å². The molecule has 0 radical (unpaired) electrons. The van der Waals surface area contributed by atoms with Crippen LogP contribution in [0.3, 0.4) is 0 Å². The van der Waals surface area contributed by atoms with Crippen LogP contribution in [0.1, 0.15) is 92.1 Å². The van der Waals surface area contributed by atoms with Crippen LogP contribution in [0.5, 0.6) is 0 Å². The zero-order chi connectivity index (χ0) is 30.9. The average Bonchev–Trinajstić information content (AvgIpc) is 3.29. The van der Waals surface area contributed by atoms with E-state index in [9.17, 15) is 19.5 Å². The third-order valence-corrected chi connectivity index (χ3v) is 8.40. The van der Waals surface area contributed by atoms with Crippen LogP contribution in [0.15, 0.2) is 30.3 Å². The highest BCUT2D eigenvalue weighted by molar-refractivity contribution is 5.80. The van der Waals surface area contributed by atoms with E-state index in [0.29, 0.717) is 64.1 Å². The molecular weight excluding hydrogens is 534 g/mol. The van der Waals surface area contributed by atoms with Crippen molar-refractivity contribution in [1.29, 1.82) is 0 Å². The molecule has 0 aromatic heterocycles. The van der Waals surface area contributed by atoms with Crippen LogP contribution >= 0.6 is 0 Å². The number of aliphatic hydroxyl groups excluding tert-OH is 1. The zero-order valence-electron chi connectivity index (χ0n) is 26.5. The minimum Gasteiger partial charge on any atom is -0.444 e. The number of aliphatic hydroxyl groups is 1. The molecule has 4 atom stereocenters. The minimum atomic E-state index is -0.746. The van der Waals surface area contributed by atoms with Crippen molar-refractivity contribution in [3.8, 4) is 0 Å². The maximum Gasteiger partial charge on any atom is 0.410 e. The van der Waals surface area contributed by atoms with Gasteiger partial charge in [0.05, 0.1) is 6.10 Å². The number of likely N-dealkylation sites (tertiary alicyclic amines) is 1. The van der Waals surface area contributed by atoms with E-state index in [1.165, 1.54) is 0 Å². The van der Waals surface area contributed by atoms with Crippen LogP contribution in [0.2, 0.25) is 0 Å². The maximum absolute atomic E-state index is 13.5. The lowest BCUT2D eigenvalue weighted by molar-refractivity contribution is -0.123. The highest BCUT2D eigenvalue weighted by Gasteiger charge is 2.41. The van der Waals surface area contributed by atoms with E-state index < -0.39 is 23.4 Å². The molecule has 2 fully saturated rings. The smallest absolute Gasteiger partial charge is 0.410 e. The number of hydrogen-bond donors (Lipinski definition) is 3. The molecule has 1 unspecified atom stereocenters. The summed E-state index contributed by atoms with van der Waals surface area (Å²) in [6.45, 7) is 13.2. The Hall–Kier alpha value is -2.81. The molecule has 236 valence electrons. The summed E-state index contributed by atoms with van der Waals surface area (Å²) in [6, 6.07) is 9.87. The molecule has 2 saturated heterocycles. The van der Waals surface area contributed by atoms with Gasteiger partial charge >= 0.3 is 12.2 Å². The van der Waals surface area contributed by atoms with Gasteiger partial charge < -0.3 is 30.1 Å². The quantitative estimate of drug-likeness (QED) is 0.300. The molecule has 3 rings (SSSR count). The van der Waals surface area contributed by atoms with E-state index in [4.69, 9.17) is 9.47 Å². The largest absolute Gasteiger partial charge is 0.444 e. The predicted molar refractivity (Wildman–Crippen MR) is 163 cm³/mol. The standard InChI is InChI=1S/C33H53N3O6/c1-23(2)20-28(13-12-26(24(3)37)21-27-14-17-34-29(27)38)35-30(39)41-33(22-25-10-8-7-9-11-25)15-18-36(19-16-33)31(40)42-32(4,5)6/h7-11,23-24,26-28,37H,12-22H2,1-6H3,(H,34,38)(H,35,39)/t24?,26-,27-,28+/m0/s1. The predicted octanol–water partition coefficient (Wildman–Crippen LogP) is 5.44. The van der Waals surface area contributed by atoms with E-state index >= 15 is 0 Å². The first-order valence-electron chi connectivity index (χ1n) is 15.7. The van der Waals surface area contributed by atoms with E-state index in [1.807, 2.05) is 51.1 Å². The second-order valence-electron chi connectivity index (χ2n) is 13.8. The lowest BCUT2D eigenvalue weighted by Crippen LogP contribution is -2.52. The molecule has 3 amide bonds. The summed E-state index contributed by atoms with van der Waals surface area (Å²) in [5, 5.41) is 16.5. The summed E-state index contributed by atoms with van der Waals surface area (Å²) in [5.41, 5.74) is -0.247. The number of carbonyl (C=O) groups is 3. The Labute approximate surface area is 252 Å². The van der Waals surface area contributed by atoms with Crippen molar-refractivity contribution in [1.82, 2.24) is 15.5 Å². The summed E-state index contributed by atoms with van der Waals surface area (Å²) in [5.74, 6) is 0.349. The second kappa shape index (κ2) is 15.1. The molecule has 0 saturated carbocycles. The summed E-state index contributed by atoms with van der Waals surface area (Å²) < 4.78 is 11.8. The Morgan fingerprint density at radius 1 is 1.12 bits per heavy atom. The summed E-state index contributed by atoms with van der Waals surface area (Å²) in [6.07, 6.45) is 3.88. The summed E-state index contributed by atoms with van der Waals surface area (Å²) in [7, 11) is 0. The Morgan fingerprint density at radius 2 is 1.79 bits per heavy atom. The normalized spacial score (nSPS) is 20.9. The van der Waals surface area contributed by atoms with Crippen LogP contribution in [-0.4, -0.2) is 71.1 Å². The van der Waals surface area contributed by atoms with Crippen molar-refractivity contribution >= 4 is 18.1 Å². The molecule has 42 heavy (non-hydrogen) atoms. The first-order chi connectivity index (χ1) is 19.7. The number of carbonyl (C=O) groups excluding carboxylic acids is 3. The van der Waals surface area contributed by atoms with Crippen LogP contribution in [0.25, 0.3) is 0 Å². The number of ether oxygens (including phenoxy) is 2. The zero-order valence-corrected chi connectivity index (χ0v) is 26.5. The molecular formula is C33H53N3O6. The van der Waals surface area contributed by atoms with Gasteiger partial charge in [0, 0.05) is 50.9 Å². The molecule has 3 N–H and O–H groups in total. The first kappa shape index (κ1) is 33.7. The topological polar surface area (TPSA) is 117 Å². The molecule has 0 bridgehead atoms. The fourth-order valence-electron chi connectivity index (χ4n) is 6.12. The first-order valence-corrected chi connectivity index (χ1v) is 15.7. The molecule has 1 aromatic rings. The van der Waals surface area contributed by atoms with Gasteiger partial charge in [0.1, 0.15) is 11.2 Å². The Bertz CT molecular complexity index is 1010. The Morgan fingerprint density at radius 3 is 2.33 bits per heavy atom.